The maximum atomic E-state index is 9.54. The third-order valence-corrected chi connectivity index (χ3v) is 3.46. The molecule has 1 aliphatic heterocycles. The van der Waals surface area contributed by atoms with Crippen LogP contribution in [0.5, 0.6) is 0 Å². The SMILES string of the molecule is CC1=CCCN(c2ccc(C(C)O)c(Cl)c2)C1. The molecule has 1 N–H and O–H groups in total. The van der Waals surface area contributed by atoms with Crippen molar-refractivity contribution in [1.29, 1.82) is 0 Å². The summed E-state index contributed by atoms with van der Waals surface area (Å²) >= 11 is 6.18. The summed E-state index contributed by atoms with van der Waals surface area (Å²) in [6.07, 6.45) is 2.85. The van der Waals surface area contributed by atoms with Gasteiger partial charge >= 0.3 is 0 Å². The average Bonchev–Trinajstić information content (AvgIpc) is 2.28. The molecule has 0 aromatic heterocycles. The molecule has 1 aromatic rings. The Morgan fingerprint density at radius 1 is 1.41 bits per heavy atom. The largest absolute Gasteiger partial charge is 0.389 e. The van der Waals surface area contributed by atoms with E-state index in [9.17, 15) is 5.11 Å². The van der Waals surface area contributed by atoms with Gasteiger partial charge in [-0.3, -0.25) is 0 Å². The predicted molar refractivity (Wildman–Crippen MR) is 72.7 cm³/mol. The minimum atomic E-state index is -0.514. The van der Waals surface area contributed by atoms with Crippen LogP contribution >= 0.6 is 11.6 Å². The van der Waals surface area contributed by atoms with E-state index in [1.807, 2.05) is 18.2 Å². The average molecular weight is 252 g/mol. The number of hydrogen-bond acceptors (Lipinski definition) is 2. The van der Waals surface area contributed by atoms with Crippen LogP contribution in [0, 0.1) is 0 Å². The second-order valence-corrected chi connectivity index (χ2v) is 5.05. The van der Waals surface area contributed by atoms with Crippen molar-refractivity contribution >= 4 is 17.3 Å². The summed E-state index contributed by atoms with van der Waals surface area (Å²) in [7, 11) is 0. The Bertz CT molecular complexity index is 440. The summed E-state index contributed by atoms with van der Waals surface area (Å²) < 4.78 is 0. The zero-order valence-corrected chi connectivity index (χ0v) is 11.0. The molecule has 92 valence electrons. The third kappa shape index (κ3) is 2.82. The Kier molecular flexibility index (Phi) is 3.75. The van der Waals surface area contributed by atoms with Crippen molar-refractivity contribution in [3.05, 3.63) is 40.4 Å². The van der Waals surface area contributed by atoms with Crippen LogP contribution in [0.2, 0.25) is 5.02 Å². The molecule has 1 heterocycles. The Labute approximate surface area is 108 Å². The fourth-order valence-electron chi connectivity index (χ4n) is 2.18. The highest BCUT2D eigenvalue weighted by Gasteiger charge is 2.13. The molecule has 0 fully saturated rings. The molecule has 1 aromatic carbocycles. The van der Waals surface area contributed by atoms with E-state index in [2.05, 4.69) is 17.9 Å². The van der Waals surface area contributed by atoms with Gasteiger partial charge in [0.2, 0.25) is 0 Å². The second-order valence-electron chi connectivity index (χ2n) is 4.64. The molecule has 0 amide bonds. The molecule has 2 nitrogen and oxygen atoms in total. The lowest BCUT2D eigenvalue weighted by Crippen LogP contribution is -2.29. The minimum Gasteiger partial charge on any atom is -0.389 e. The molecule has 0 bridgehead atoms. The molecular weight excluding hydrogens is 234 g/mol. The highest BCUT2D eigenvalue weighted by molar-refractivity contribution is 6.31. The first-order valence-electron chi connectivity index (χ1n) is 5.96. The summed E-state index contributed by atoms with van der Waals surface area (Å²) in [6.45, 7) is 5.87. The third-order valence-electron chi connectivity index (χ3n) is 3.13. The Hall–Kier alpha value is -0.990. The van der Waals surface area contributed by atoms with Crippen LogP contribution in [0.3, 0.4) is 0 Å². The molecule has 3 heteroatoms. The summed E-state index contributed by atoms with van der Waals surface area (Å²) in [5.41, 5.74) is 3.32. The van der Waals surface area contributed by atoms with E-state index >= 15 is 0 Å². The van der Waals surface area contributed by atoms with Crippen LogP contribution in [0.1, 0.15) is 31.9 Å². The lowest BCUT2D eigenvalue weighted by Gasteiger charge is -2.28. The van der Waals surface area contributed by atoms with Crippen molar-refractivity contribution < 1.29 is 5.11 Å². The normalized spacial score (nSPS) is 17.9. The molecule has 0 saturated heterocycles. The van der Waals surface area contributed by atoms with Crippen molar-refractivity contribution in [1.82, 2.24) is 0 Å². The Balaban J connectivity index is 2.23. The summed E-state index contributed by atoms with van der Waals surface area (Å²) in [4.78, 5) is 2.31. The van der Waals surface area contributed by atoms with E-state index in [0.29, 0.717) is 5.02 Å². The van der Waals surface area contributed by atoms with Crippen molar-refractivity contribution in [3.63, 3.8) is 0 Å². The number of rotatable bonds is 2. The molecule has 17 heavy (non-hydrogen) atoms. The van der Waals surface area contributed by atoms with Gasteiger partial charge in [0.1, 0.15) is 0 Å². The molecule has 0 saturated carbocycles. The number of halogens is 1. The van der Waals surface area contributed by atoms with Gasteiger partial charge in [0.25, 0.3) is 0 Å². The van der Waals surface area contributed by atoms with E-state index in [4.69, 9.17) is 11.6 Å². The molecule has 0 aliphatic carbocycles. The Morgan fingerprint density at radius 3 is 2.76 bits per heavy atom. The molecular formula is C14H18ClNO. The van der Waals surface area contributed by atoms with Gasteiger partial charge in [0.05, 0.1) is 6.10 Å². The first-order valence-corrected chi connectivity index (χ1v) is 6.34. The molecule has 0 spiro atoms. The number of anilines is 1. The molecule has 0 radical (unpaired) electrons. The van der Waals surface area contributed by atoms with Gasteiger partial charge in [-0.25, -0.2) is 0 Å². The number of nitrogens with zero attached hydrogens (tertiary/aromatic N) is 1. The number of aliphatic hydroxyl groups excluding tert-OH is 1. The topological polar surface area (TPSA) is 23.5 Å². The number of hydrogen-bond donors (Lipinski definition) is 1. The lowest BCUT2D eigenvalue weighted by molar-refractivity contribution is 0.199. The van der Waals surface area contributed by atoms with Crippen molar-refractivity contribution in [2.45, 2.75) is 26.4 Å². The first-order chi connectivity index (χ1) is 8.08. The monoisotopic (exact) mass is 251 g/mol. The molecule has 1 atom stereocenters. The van der Waals surface area contributed by atoms with Crippen LogP contribution in [0.25, 0.3) is 0 Å². The minimum absolute atomic E-state index is 0.514. The Morgan fingerprint density at radius 2 is 2.18 bits per heavy atom. The molecule has 1 aliphatic rings. The highest BCUT2D eigenvalue weighted by Crippen LogP contribution is 2.29. The zero-order valence-electron chi connectivity index (χ0n) is 10.3. The van der Waals surface area contributed by atoms with Crippen molar-refractivity contribution in [2.24, 2.45) is 0 Å². The van der Waals surface area contributed by atoms with E-state index < -0.39 is 6.10 Å². The van der Waals surface area contributed by atoms with Crippen LogP contribution in [0.4, 0.5) is 5.69 Å². The fourth-order valence-corrected chi connectivity index (χ4v) is 2.52. The maximum Gasteiger partial charge on any atom is 0.0776 e. The van der Waals surface area contributed by atoms with E-state index in [0.717, 1.165) is 30.8 Å². The van der Waals surface area contributed by atoms with Crippen LogP contribution in [-0.4, -0.2) is 18.2 Å². The number of benzene rings is 1. The van der Waals surface area contributed by atoms with Gasteiger partial charge in [-0.2, -0.15) is 0 Å². The van der Waals surface area contributed by atoms with Gasteiger partial charge < -0.3 is 10.0 Å². The van der Waals surface area contributed by atoms with E-state index in [1.165, 1.54) is 5.57 Å². The van der Waals surface area contributed by atoms with Gasteiger partial charge in [0.15, 0.2) is 0 Å². The predicted octanol–water partition coefficient (Wildman–Crippen LogP) is 3.55. The quantitative estimate of drug-likeness (QED) is 0.813. The highest BCUT2D eigenvalue weighted by atomic mass is 35.5. The lowest BCUT2D eigenvalue weighted by atomic mass is 10.1. The first kappa shape index (κ1) is 12.5. The maximum absolute atomic E-state index is 9.54. The summed E-state index contributed by atoms with van der Waals surface area (Å²) in [6, 6.07) is 5.89. The van der Waals surface area contributed by atoms with Gasteiger partial charge in [0, 0.05) is 23.8 Å². The molecule has 1 unspecified atom stereocenters. The van der Waals surface area contributed by atoms with Gasteiger partial charge in [-0.05, 0) is 38.0 Å². The van der Waals surface area contributed by atoms with Crippen LogP contribution < -0.4 is 4.90 Å². The second kappa shape index (κ2) is 5.11. The van der Waals surface area contributed by atoms with Crippen LogP contribution in [0.15, 0.2) is 29.8 Å². The van der Waals surface area contributed by atoms with Gasteiger partial charge in [-0.1, -0.05) is 29.3 Å². The van der Waals surface area contributed by atoms with Crippen molar-refractivity contribution in [3.8, 4) is 0 Å². The van der Waals surface area contributed by atoms with Crippen LogP contribution in [-0.2, 0) is 0 Å². The number of aliphatic hydroxyl groups is 1. The zero-order chi connectivity index (χ0) is 12.4. The summed E-state index contributed by atoms with van der Waals surface area (Å²) in [5, 5.41) is 10.2. The van der Waals surface area contributed by atoms with Gasteiger partial charge in [-0.15, -0.1) is 0 Å². The summed E-state index contributed by atoms with van der Waals surface area (Å²) in [5.74, 6) is 0. The fraction of sp³-hybridized carbons (Fsp3) is 0.429. The van der Waals surface area contributed by atoms with E-state index in [-0.39, 0.29) is 0 Å². The van der Waals surface area contributed by atoms with Crippen molar-refractivity contribution in [2.75, 3.05) is 18.0 Å². The molecule has 2 rings (SSSR count). The van der Waals surface area contributed by atoms with E-state index in [1.54, 1.807) is 6.92 Å². The smallest absolute Gasteiger partial charge is 0.0776 e. The standard InChI is InChI=1S/C14H18ClNO/c1-10-4-3-7-16(9-10)12-5-6-13(11(2)17)14(15)8-12/h4-6,8,11,17H,3,7,9H2,1-2H3.